The highest BCUT2D eigenvalue weighted by molar-refractivity contribution is 5.95. The van der Waals surface area contributed by atoms with Gasteiger partial charge < -0.3 is 19.3 Å². The van der Waals surface area contributed by atoms with E-state index in [4.69, 9.17) is 9.47 Å². The van der Waals surface area contributed by atoms with E-state index in [2.05, 4.69) is 6.07 Å². The lowest BCUT2D eigenvalue weighted by atomic mass is 9.86. The minimum absolute atomic E-state index is 0.0146. The number of carbonyl (C=O) groups is 2. The molecule has 6 nitrogen and oxygen atoms in total. The van der Waals surface area contributed by atoms with E-state index in [9.17, 15) is 9.59 Å². The molecular formula is C23H26N2O4. The van der Waals surface area contributed by atoms with Gasteiger partial charge in [-0.25, -0.2) is 0 Å². The highest BCUT2D eigenvalue weighted by Gasteiger charge is 2.40. The molecule has 0 aromatic heterocycles. The van der Waals surface area contributed by atoms with Crippen LogP contribution in [0.5, 0.6) is 11.5 Å². The lowest BCUT2D eigenvalue weighted by Crippen LogP contribution is -2.50. The number of amides is 2. The first-order valence-corrected chi connectivity index (χ1v) is 9.90. The van der Waals surface area contributed by atoms with Crippen molar-refractivity contribution in [2.24, 2.45) is 5.92 Å². The molecule has 0 unspecified atom stereocenters. The molecule has 2 aliphatic heterocycles. The van der Waals surface area contributed by atoms with Gasteiger partial charge in [-0.15, -0.1) is 0 Å². The van der Waals surface area contributed by atoms with Crippen molar-refractivity contribution in [2.45, 2.75) is 19.4 Å². The van der Waals surface area contributed by atoms with Gasteiger partial charge in [0.2, 0.25) is 5.91 Å². The summed E-state index contributed by atoms with van der Waals surface area (Å²) in [5, 5.41) is 0. The molecular weight excluding hydrogens is 368 g/mol. The standard InChI is InChI=1S/C23H26N2O4/c1-15-4-9-20-19(12-15)22-17(14-29-20)13-24(2)21(26)10-11-25(22)23(27)16-5-7-18(28-3)8-6-16/h4-9,12,17,22H,10-11,13-14H2,1-3H3/t17-,22-/m0/s1. The Labute approximate surface area is 171 Å². The number of carbonyl (C=O) groups excluding carboxylic acids is 2. The summed E-state index contributed by atoms with van der Waals surface area (Å²) in [7, 11) is 3.43. The fraction of sp³-hybridized carbons (Fsp3) is 0.391. The second-order valence-electron chi connectivity index (χ2n) is 7.81. The van der Waals surface area contributed by atoms with Crippen LogP contribution >= 0.6 is 0 Å². The molecule has 4 rings (SSSR count). The SMILES string of the molecule is COc1ccc(C(=O)N2CCC(=O)N(C)C[C@H]3COc4ccc(C)cc4[C@H]32)cc1. The molecule has 0 radical (unpaired) electrons. The van der Waals surface area contributed by atoms with Gasteiger partial charge >= 0.3 is 0 Å². The molecule has 152 valence electrons. The van der Waals surface area contributed by atoms with Crippen molar-refractivity contribution in [3.05, 3.63) is 59.2 Å². The lowest BCUT2D eigenvalue weighted by Gasteiger charge is -2.44. The maximum absolute atomic E-state index is 13.5. The third kappa shape index (κ3) is 3.67. The Morgan fingerprint density at radius 3 is 2.66 bits per heavy atom. The van der Waals surface area contributed by atoms with Gasteiger partial charge in [-0.05, 0) is 37.3 Å². The summed E-state index contributed by atoms with van der Waals surface area (Å²) in [5.74, 6) is 1.51. The van der Waals surface area contributed by atoms with Crippen LogP contribution < -0.4 is 9.47 Å². The molecule has 0 saturated carbocycles. The van der Waals surface area contributed by atoms with Crippen molar-refractivity contribution in [3.8, 4) is 11.5 Å². The van der Waals surface area contributed by atoms with Gasteiger partial charge in [0.05, 0.1) is 19.8 Å². The van der Waals surface area contributed by atoms with Crippen LogP contribution in [0.4, 0.5) is 0 Å². The topological polar surface area (TPSA) is 59.1 Å². The summed E-state index contributed by atoms with van der Waals surface area (Å²) in [6.45, 7) is 3.45. The minimum Gasteiger partial charge on any atom is -0.497 e. The maximum atomic E-state index is 13.5. The summed E-state index contributed by atoms with van der Waals surface area (Å²) in [6.07, 6.45) is 0.309. The molecule has 2 aromatic rings. The van der Waals surface area contributed by atoms with Gasteiger partial charge in [0, 0.05) is 43.6 Å². The first-order valence-electron chi connectivity index (χ1n) is 9.90. The molecule has 2 atom stereocenters. The smallest absolute Gasteiger partial charge is 0.254 e. The van der Waals surface area contributed by atoms with Crippen LogP contribution in [0.2, 0.25) is 0 Å². The largest absolute Gasteiger partial charge is 0.497 e. The average Bonchev–Trinajstić information content (AvgIpc) is 2.73. The number of ether oxygens (including phenoxy) is 2. The molecule has 6 heteroatoms. The highest BCUT2D eigenvalue weighted by Crippen LogP contribution is 2.41. The molecule has 29 heavy (non-hydrogen) atoms. The van der Waals surface area contributed by atoms with E-state index in [0.29, 0.717) is 37.4 Å². The number of rotatable bonds is 2. The van der Waals surface area contributed by atoms with Crippen molar-refractivity contribution in [1.82, 2.24) is 9.80 Å². The van der Waals surface area contributed by atoms with E-state index in [1.807, 2.05) is 31.0 Å². The third-order valence-electron chi connectivity index (χ3n) is 5.82. The van der Waals surface area contributed by atoms with E-state index in [-0.39, 0.29) is 23.8 Å². The van der Waals surface area contributed by atoms with Crippen LogP contribution in [-0.2, 0) is 4.79 Å². The molecule has 0 aliphatic carbocycles. The van der Waals surface area contributed by atoms with Crippen LogP contribution in [0, 0.1) is 12.8 Å². The molecule has 2 aromatic carbocycles. The first-order chi connectivity index (χ1) is 14.0. The zero-order valence-corrected chi connectivity index (χ0v) is 17.1. The summed E-state index contributed by atoms with van der Waals surface area (Å²) in [6, 6.07) is 13.1. The predicted octanol–water partition coefficient (Wildman–Crippen LogP) is 3.06. The van der Waals surface area contributed by atoms with E-state index in [1.54, 1.807) is 36.3 Å². The summed E-state index contributed by atoms with van der Waals surface area (Å²) in [5.41, 5.74) is 2.73. The Hall–Kier alpha value is -3.02. The fourth-order valence-electron chi connectivity index (χ4n) is 4.27. The zero-order chi connectivity index (χ0) is 20.5. The van der Waals surface area contributed by atoms with Gasteiger partial charge in [0.1, 0.15) is 11.5 Å². The predicted molar refractivity (Wildman–Crippen MR) is 109 cm³/mol. The monoisotopic (exact) mass is 394 g/mol. The molecule has 1 saturated heterocycles. The second-order valence-corrected chi connectivity index (χ2v) is 7.81. The Morgan fingerprint density at radius 1 is 1.17 bits per heavy atom. The van der Waals surface area contributed by atoms with Crippen LogP contribution in [0.1, 0.15) is 33.9 Å². The van der Waals surface area contributed by atoms with Crippen LogP contribution in [0.25, 0.3) is 0 Å². The lowest BCUT2D eigenvalue weighted by molar-refractivity contribution is -0.132. The Morgan fingerprint density at radius 2 is 1.93 bits per heavy atom. The van der Waals surface area contributed by atoms with E-state index in [1.165, 1.54) is 0 Å². The first kappa shape index (κ1) is 19.3. The van der Waals surface area contributed by atoms with Crippen molar-refractivity contribution >= 4 is 11.8 Å². The maximum Gasteiger partial charge on any atom is 0.254 e. The number of benzene rings is 2. The number of hydrogen-bond acceptors (Lipinski definition) is 4. The van der Waals surface area contributed by atoms with Gasteiger partial charge in [-0.3, -0.25) is 9.59 Å². The quantitative estimate of drug-likeness (QED) is 0.786. The highest BCUT2D eigenvalue weighted by atomic mass is 16.5. The summed E-state index contributed by atoms with van der Waals surface area (Å²) < 4.78 is 11.2. The Bertz CT molecular complexity index is 925. The zero-order valence-electron chi connectivity index (χ0n) is 17.1. The number of fused-ring (bicyclic) bond motifs is 3. The Kier molecular flexibility index (Phi) is 5.18. The minimum atomic E-state index is -0.135. The second kappa shape index (κ2) is 7.78. The van der Waals surface area contributed by atoms with Crippen molar-refractivity contribution in [2.75, 3.05) is 33.9 Å². The van der Waals surface area contributed by atoms with E-state index >= 15 is 0 Å². The molecule has 1 fully saturated rings. The fourth-order valence-corrected chi connectivity index (χ4v) is 4.27. The number of aryl methyl sites for hydroxylation is 1. The summed E-state index contributed by atoms with van der Waals surface area (Å²) >= 11 is 0. The Balaban J connectivity index is 1.76. The molecule has 2 amide bonds. The van der Waals surface area contributed by atoms with Crippen LogP contribution in [-0.4, -0.2) is 55.5 Å². The summed E-state index contributed by atoms with van der Waals surface area (Å²) in [4.78, 5) is 29.6. The normalized spacial score (nSPS) is 21.4. The van der Waals surface area contributed by atoms with Crippen molar-refractivity contribution in [1.29, 1.82) is 0 Å². The van der Waals surface area contributed by atoms with Crippen LogP contribution in [0.3, 0.4) is 0 Å². The molecule has 2 aliphatic rings. The van der Waals surface area contributed by atoms with Gasteiger partial charge in [-0.2, -0.15) is 0 Å². The molecule has 2 heterocycles. The number of nitrogens with zero attached hydrogens (tertiary/aromatic N) is 2. The average molecular weight is 394 g/mol. The van der Waals surface area contributed by atoms with Crippen LogP contribution in [0.15, 0.2) is 42.5 Å². The van der Waals surface area contributed by atoms with Crippen molar-refractivity contribution in [3.63, 3.8) is 0 Å². The van der Waals surface area contributed by atoms with E-state index < -0.39 is 0 Å². The molecule has 0 spiro atoms. The van der Waals surface area contributed by atoms with E-state index in [0.717, 1.165) is 16.9 Å². The van der Waals surface area contributed by atoms with Gasteiger partial charge in [0.15, 0.2) is 0 Å². The molecule has 0 bridgehead atoms. The van der Waals surface area contributed by atoms with Gasteiger partial charge in [0.25, 0.3) is 5.91 Å². The van der Waals surface area contributed by atoms with Crippen molar-refractivity contribution < 1.29 is 19.1 Å². The third-order valence-corrected chi connectivity index (χ3v) is 5.82. The number of methoxy groups -OCH3 is 1. The van der Waals surface area contributed by atoms with Gasteiger partial charge in [-0.1, -0.05) is 17.7 Å². The molecule has 0 N–H and O–H groups in total. The number of hydrogen-bond donors (Lipinski definition) is 0.